The second-order valence-electron chi connectivity index (χ2n) is 7.03. The third-order valence-corrected chi connectivity index (χ3v) is 4.55. The number of unbranched alkanes of at least 4 members (excludes halogenated alkanes) is 14. The number of allylic oxidation sites excluding steroid dienone is 1. The van der Waals surface area contributed by atoms with Crippen molar-refractivity contribution in [3.05, 3.63) is 23.8 Å². The molecule has 0 aromatic heterocycles. The van der Waals surface area contributed by atoms with Crippen LogP contribution in [-0.4, -0.2) is 22.2 Å². The molecule has 0 heterocycles. The molecule has 0 aromatic rings. The Hall–Kier alpha value is -1.58. The van der Waals surface area contributed by atoms with Crippen LogP contribution in [0.4, 0.5) is 0 Å². The van der Waals surface area contributed by atoms with Gasteiger partial charge >= 0.3 is 11.9 Å². The molecular weight excluding hydrogens is 328 g/mol. The first-order chi connectivity index (χ1) is 12.6. The molecule has 0 aliphatic heterocycles. The van der Waals surface area contributed by atoms with Gasteiger partial charge in [-0.25, -0.2) is 9.59 Å². The molecule has 0 aromatic carbocycles. The molecule has 0 unspecified atom stereocenters. The van der Waals surface area contributed by atoms with Gasteiger partial charge in [-0.15, -0.1) is 0 Å². The van der Waals surface area contributed by atoms with Gasteiger partial charge in [-0.05, 0) is 12.8 Å². The molecule has 0 rings (SSSR count). The van der Waals surface area contributed by atoms with Crippen molar-refractivity contribution in [3.8, 4) is 0 Å². The van der Waals surface area contributed by atoms with Gasteiger partial charge in [0.25, 0.3) is 0 Å². The molecule has 150 valence electrons. The minimum Gasteiger partial charge on any atom is -0.478 e. The summed E-state index contributed by atoms with van der Waals surface area (Å²) in [5.41, 5.74) is -0.178. The largest absolute Gasteiger partial charge is 0.478 e. The summed E-state index contributed by atoms with van der Waals surface area (Å²) in [7, 11) is 0. The van der Waals surface area contributed by atoms with Gasteiger partial charge in [0.15, 0.2) is 0 Å². The Bertz CT molecular complexity index is 424. The average molecular weight is 367 g/mol. The first kappa shape index (κ1) is 24.4. The topological polar surface area (TPSA) is 74.6 Å². The smallest absolute Gasteiger partial charge is 0.335 e. The second kappa shape index (κ2) is 18.2. The lowest BCUT2D eigenvalue weighted by Crippen LogP contribution is -2.01. The molecular formula is C22H38O4. The van der Waals surface area contributed by atoms with E-state index in [1.165, 1.54) is 83.1 Å². The van der Waals surface area contributed by atoms with E-state index >= 15 is 0 Å². The highest BCUT2D eigenvalue weighted by Gasteiger charge is 2.04. The van der Waals surface area contributed by atoms with Crippen molar-refractivity contribution >= 4 is 11.9 Å². The highest BCUT2D eigenvalue weighted by atomic mass is 16.4. The molecule has 4 heteroatoms. The minimum absolute atomic E-state index is 0.178. The highest BCUT2D eigenvalue weighted by Crippen LogP contribution is 2.13. The number of carboxylic acid groups (broad SMARTS) is 2. The standard InChI is InChI=1S/C22H38O4/c1-2-3-4-5-6-7-8-9-10-11-12-13-14-15-16-17-18-20(22(25)26)19-21(23)24/h17-19H,2-16H2,1H3,(H,23,24)(H,25,26). The number of carboxylic acids is 2. The molecule has 26 heavy (non-hydrogen) atoms. The summed E-state index contributed by atoms with van der Waals surface area (Å²) in [4.78, 5) is 21.4. The van der Waals surface area contributed by atoms with E-state index < -0.39 is 11.9 Å². The predicted octanol–water partition coefficient (Wildman–Crippen LogP) is 6.51. The molecule has 0 saturated carbocycles. The van der Waals surface area contributed by atoms with E-state index in [0.29, 0.717) is 0 Å². The van der Waals surface area contributed by atoms with E-state index in [-0.39, 0.29) is 5.57 Å². The Morgan fingerprint density at radius 3 is 1.50 bits per heavy atom. The van der Waals surface area contributed by atoms with E-state index in [1.54, 1.807) is 6.08 Å². The van der Waals surface area contributed by atoms with Crippen LogP contribution in [0.1, 0.15) is 103 Å². The maximum atomic E-state index is 10.8. The Balaban J connectivity index is 3.42. The van der Waals surface area contributed by atoms with E-state index in [4.69, 9.17) is 10.2 Å². The molecule has 0 saturated heterocycles. The Kier molecular flexibility index (Phi) is 17.1. The van der Waals surface area contributed by atoms with Gasteiger partial charge in [-0.1, -0.05) is 103 Å². The molecule has 0 radical (unpaired) electrons. The van der Waals surface area contributed by atoms with Crippen molar-refractivity contribution in [2.75, 3.05) is 0 Å². The first-order valence-electron chi connectivity index (χ1n) is 10.4. The van der Waals surface area contributed by atoms with Gasteiger partial charge in [0.1, 0.15) is 0 Å². The van der Waals surface area contributed by atoms with Crippen LogP contribution >= 0.6 is 0 Å². The fraction of sp³-hybridized carbons (Fsp3) is 0.727. The van der Waals surface area contributed by atoms with E-state index in [0.717, 1.165) is 25.3 Å². The lowest BCUT2D eigenvalue weighted by atomic mass is 10.0. The minimum atomic E-state index is -1.23. The molecule has 0 bridgehead atoms. The van der Waals surface area contributed by atoms with Crippen molar-refractivity contribution in [2.24, 2.45) is 0 Å². The van der Waals surface area contributed by atoms with Crippen molar-refractivity contribution in [1.82, 2.24) is 0 Å². The fourth-order valence-corrected chi connectivity index (χ4v) is 2.98. The zero-order valence-corrected chi connectivity index (χ0v) is 16.5. The van der Waals surface area contributed by atoms with Crippen molar-refractivity contribution in [1.29, 1.82) is 0 Å². The fourth-order valence-electron chi connectivity index (χ4n) is 2.98. The van der Waals surface area contributed by atoms with E-state index in [2.05, 4.69) is 6.92 Å². The number of carbonyl (C=O) groups is 2. The summed E-state index contributed by atoms with van der Waals surface area (Å²) in [5, 5.41) is 17.5. The summed E-state index contributed by atoms with van der Waals surface area (Å²) in [6.45, 7) is 2.26. The zero-order valence-electron chi connectivity index (χ0n) is 16.5. The lowest BCUT2D eigenvalue weighted by Gasteiger charge is -2.02. The van der Waals surface area contributed by atoms with Gasteiger partial charge < -0.3 is 10.2 Å². The molecule has 0 aliphatic rings. The van der Waals surface area contributed by atoms with Crippen LogP contribution in [0, 0.1) is 0 Å². The SMILES string of the molecule is CCCCCCCCCCCCCCCCC=CC(=CC(=O)O)C(=O)O. The number of hydrogen-bond donors (Lipinski definition) is 2. The predicted molar refractivity (Wildman–Crippen MR) is 107 cm³/mol. The Morgan fingerprint density at radius 2 is 1.12 bits per heavy atom. The van der Waals surface area contributed by atoms with Crippen LogP contribution in [0.15, 0.2) is 23.8 Å². The Morgan fingerprint density at radius 1 is 0.692 bits per heavy atom. The Labute approximate surface area is 159 Å². The third-order valence-electron chi connectivity index (χ3n) is 4.55. The summed E-state index contributed by atoms with van der Waals surface area (Å²) in [6, 6.07) is 0. The summed E-state index contributed by atoms with van der Waals surface area (Å²) < 4.78 is 0. The molecule has 4 nitrogen and oxygen atoms in total. The van der Waals surface area contributed by atoms with Crippen LogP contribution < -0.4 is 0 Å². The van der Waals surface area contributed by atoms with E-state index in [9.17, 15) is 9.59 Å². The van der Waals surface area contributed by atoms with E-state index in [1.807, 2.05) is 0 Å². The third kappa shape index (κ3) is 17.2. The van der Waals surface area contributed by atoms with Gasteiger partial charge in [0, 0.05) is 6.08 Å². The van der Waals surface area contributed by atoms with Gasteiger partial charge in [-0.3, -0.25) is 0 Å². The molecule has 0 atom stereocenters. The maximum absolute atomic E-state index is 10.8. The zero-order chi connectivity index (χ0) is 19.5. The quantitative estimate of drug-likeness (QED) is 0.165. The molecule has 0 fully saturated rings. The van der Waals surface area contributed by atoms with Gasteiger partial charge in [-0.2, -0.15) is 0 Å². The highest BCUT2D eigenvalue weighted by molar-refractivity contribution is 5.96. The monoisotopic (exact) mass is 366 g/mol. The van der Waals surface area contributed by atoms with Crippen molar-refractivity contribution in [2.45, 2.75) is 103 Å². The van der Waals surface area contributed by atoms with Crippen LogP contribution in [0.25, 0.3) is 0 Å². The second-order valence-corrected chi connectivity index (χ2v) is 7.03. The summed E-state index contributed by atoms with van der Waals surface area (Å²) in [5.74, 6) is -2.44. The van der Waals surface area contributed by atoms with Crippen molar-refractivity contribution < 1.29 is 19.8 Å². The molecule has 2 N–H and O–H groups in total. The molecule has 0 spiro atoms. The van der Waals surface area contributed by atoms with Crippen LogP contribution in [0.5, 0.6) is 0 Å². The van der Waals surface area contributed by atoms with Crippen LogP contribution in [0.2, 0.25) is 0 Å². The number of hydrogen-bond acceptors (Lipinski definition) is 2. The number of aliphatic carboxylic acids is 2. The molecule has 0 aliphatic carbocycles. The number of rotatable bonds is 18. The van der Waals surface area contributed by atoms with Gasteiger partial charge in [0.2, 0.25) is 0 Å². The maximum Gasteiger partial charge on any atom is 0.335 e. The van der Waals surface area contributed by atoms with Crippen molar-refractivity contribution in [3.63, 3.8) is 0 Å². The average Bonchev–Trinajstić information content (AvgIpc) is 2.59. The van der Waals surface area contributed by atoms with Crippen LogP contribution in [0.3, 0.4) is 0 Å². The lowest BCUT2D eigenvalue weighted by molar-refractivity contribution is -0.134. The normalized spacial score (nSPS) is 12.0. The van der Waals surface area contributed by atoms with Crippen LogP contribution in [-0.2, 0) is 9.59 Å². The summed E-state index contributed by atoms with van der Waals surface area (Å²) in [6.07, 6.45) is 23.0. The van der Waals surface area contributed by atoms with Gasteiger partial charge in [0.05, 0.1) is 5.57 Å². The first-order valence-corrected chi connectivity index (χ1v) is 10.4. The molecule has 0 amide bonds. The summed E-state index contributed by atoms with van der Waals surface area (Å²) >= 11 is 0.